The summed E-state index contributed by atoms with van der Waals surface area (Å²) in [7, 11) is 0. The molecule has 0 aliphatic carbocycles. The van der Waals surface area contributed by atoms with Gasteiger partial charge in [0, 0.05) is 17.4 Å². The molecular weight excluding hydrogens is 305 g/mol. The number of carbonyl (C=O) groups excluding carboxylic acids is 1. The fraction of sp³-hybridized carbons (Fsp3) is 0.118. The monoisotopic (exact) mass is 318 g/mol. The molecule has 2 aromatic carbocycles. The van der Waals surface area contributed by atoms with Crippen LogP contribution in [-0.2, 0) is 0 Å². The zero-order chi connectivity index (χ0) is 16.4. The van der Waals surface area contributed by atoms with Crippen LogP contribution in [0.1, 0.15) is 10.4 Å². The number of hydrogen-bond acceptors (Lipinski definition) is 1. The molecule has 3 nitrogen and oxygen atoms in total. The van der Waals surface area contributed by atoms with E-state index in [1.165, 1.54) is 6.07 Å². The number of carbonyl (C=O) groups is 1. The van der Waals surface area contributed by atoms with E-state index >= 15 is 0 Å². The molecule has 3 rings (SSSR count). The number of amides is 1. The molecule has 0 fully saturated rings. The van der Waals surface area contributed by atoms with E-state index in [2.05, 4.69) is 0 Å². The minimum atomic E-state index is -4.43. The van der Waals surface area contributed by atoms with Gasteiger partial charge in [0.15, 0.2) is 0 Å². The molecule has 0 aliphatic rings. The molecule has 1 heterocycles. The van der Waals surface area contributed by atoms with Gasteiger partial charge in [-0.1, -0.05) is 24.3 Å². The summed E-state index contributed by atoms with van der Waals surface area (Å²) in [6.07, 6.45) is -2.57. The van der Waals surface area contributed by atoms with E-state index in [0.29, 0.717) is 5.69 Å². The Kier molecular flexibility index (Phi) is 3.82. The third-order valence-electron chi connectivity index (χ3n) is 3.44. The van der Waals surface area contributed by atoms with Crippen molar-refractivity contribution < 1.29 is 18.0 Å². The third kappa shape index (κ3) is 3.36. The highest BCUT2D eigenvalue weighted by Crippen LogP contribution is 2.21. The molecule has 0 atom stereocenters. The van der Waals surface area contributed by atoms with Gasteiger partial charge >= 0.3 is 6.18 Å². The van der Waals surface area contributed by atoms with Crippen molar-refractivity contribution in [1.82, 2.24) is 9.88 Å². The summed E-state index contributed by atoms with van der Waals surface area (Å²) in [5.41, 5.74) is 1.86. The Morgan fingerprint density at radius 1 is 1.04 bits per heavy atom. The zero-order valence-electron chi connectivity index (χ0n) is 12.0. The third-order valence-corrected chi connectivity index (χ3v) is 3.44. The molecule has 6 heteroatoms. The van der Waals surface area contributed by atoms with Crippen molar-refractivity contribution in [2.24, 2.45) is 0 Å². The maximum absolute atomic E-state index is 12.2. The van der Waals surface area contributed by atoms with Crippen LogP contribution in [0.5, 0.6) is 0 Å². The largest absolute Gasteiger partial charge is 0.405 e. The number of rotatable bonds is 3. The van der Waals surface area contributed by atoms with Gasteiger partial charge in [0.1, 0.15) is 6.54 Å². The predicted molar refractivity (Wildman–Crippen MR) is 81.7 cm³/mol. The first kappa shape index (κ1) is 15.1. The summed E-state index contributed by atoms with van der Waals surface area (Å²) in [4.78, 5) is 11.9. The second kappa shape index (κ2) is 5.79. The van der Waals surface area contributed by atoms with Crippen LogP contribution in [0, 0.1) is 0 Å². The molecular formula is C17H13F3N2O. The van der Waals surface area contributed by atoms with Gasteiger partial charge in [-0.25, -0.2) is 0 Å². The normalized spacial score (nSPS) is 11.6. The van der Waals surface area contributed by atoms with E-state index in [1.54, 1.807) is 18.2 Å². The van der Waals surface area contributed by atoms with E-state index < -0.39 is 18.6 Å². The number of halogens is 3. The Balaban J connectivity index is 1.89. The van der Waals surface area contributed by atoms with Gasteiger partial charge in [-0.05, 0) is 35.7 Å². The van der Waals surface area contributed by atoms with Crippen LogP contribution in [-0.4, -0.2) is 23.2 Å². The van der Waals surface area contributed by atoms with Crippen LogP contribution in [0.3, 0.4) is 0 Å². The van der Waals surface area contributed by atoms with Crippen molar-refractivity contribution in [3.05, 3.63) is 66.4 Å². The molecule has 0 spiro atoms. The first-order chi connectivity index (χ1) is 10.9. The summed E-state index contributed by atoms with van der Waals surface area (Å²) < 4.78 is 38.5. The van der Waals surface area contributed by atoms with Gasteiger partial charge < -0.3 is 9.88 Å². The Morgan fingerprint density at radius 3 is 2.61 bits per heavy atom. The molecule has 1 aromatic heterocycles. The maximum Gasteiger partial charge on any atom is 0.405 e. The van der Waals surface area contributed by atoms with Gasteiger partial charge in [-0.2, -0.15) is 13.2 Å². The van der Waals surface area contributed by atoms with E-state index in [-0.39, 0.29) is 5.56 Å². The van der Waals surface area contributed by atoms with Crippen LogP contribution < -0.4 is 5.32 Å². The standard InChI is InChI=1S/C17H13F3N2O/c18-17(19,20)11-21-16(23)13-5-3-6-14(10-13)22-9-8-12-4-1-2-7-15(12)22/h1-10H,11H2,(H,21,23). The number of alkyl halides is 3. The SMILES string of the molecule is O=C(NCC(F)(F)F)c1cccc(-n2ccc3ccccc32)c1. The summed E-state index contributed by atoms with van der Waals surface area (Å²) in [6.45, 7) is -1.34. The van der Waals surface area contributed by atoms with E-state index in [9.17, 15) is 18.0 Å². The van der Waals surface area contributed by atoms with Crippen molar-refractivity contribution >= 4 is 16.8 Å². The van der Waals surface area contributed by atoms with E-state index in [1.807, 2.05) is 46.4 Å². The lowest BCUT2D eigenvalue weighted by Gasteiger charge is -2.10. The molecule has 1 amide bonds. The number of fused-ring (bicyclic) bond motifs is 1. The fourth-order valence-electron chi connectivity index (χ4n) is 2.39. The molecule has 1 N–H and O–H groups in total. The lowest BCUT2D eigenvalue weighted by molar-refractivity contribution is -0.123. The molecule has 0 aliphatic heterocycles. The Labute approximate surface area is 130 Å². The summed E-state index contributed by atoms with van der Waals surface area (Å²) in [5, 5.41) is 2.92. The van der Waals surface area contributed by atoms with Crippen molar-refractivity contribution in [2.75, 3.05) is 6.54 Å². The Morgan fingerprint density at radius 2 is 1.83 bits per heavy atom. The number of nitrogens with one attached hydrogen (secondary N) is 1. The van der Waals surface area contributed by atoms with Crippen molar-refractivity contribution in [3.63, 3.8) is 0 Å². The zero-order valence-corrected chi connectivity index (χ0v) is 12.0. The maximum atomic E-state index is 12.2. The smallest absolute Gasteiger partial charge is 0.343 e. The average Bonchev–Trinajstić information content (AvgIpc) is 2.96. The molecule has 0 bridgehead atoms. The quantitative estimate of drug-likeness (QED) is 0.780. The molecule has 0 radical (unpaired) electrons. The molecule has 23 heavy (non-hydrogen) atoms. The van der Waals surface area contributed by atoms with Crippen molar-refractivity contribution in [1.29, 1.82) is 0 Å². The van der Waals surface area contributed by atoms with E-state index in [0.717, 1.165) is 10.9 Å². The first-order valence-electron chi connectivity index (χ1n) is 6.95. The van der Waals surface area contributed by atoms with Crippen molar-refractivity contribution in [2.45, 2.75) is 6.18 Å². The second-order valence-electron chi connectivity index (χ2n) is 5.09. The molecule has 3 aromatic rings. The lowest BCUT2D eigenvalue weighted by atomic mass is 10.2. The summed E-state index contributed by atoms with van der Waals surface area (Å²) in [5.74, 6) is -0.749. The van der Waals surface area contributed by atoms with Crippen LogP contribution in [0.25, 0.3) is 16.6 Å². The highest BCUT2D eigenvalue weighted by Gasteiger charge is 2.27. The van der Waals surface area contributed by atoms with Gasteiger partial charge in [0.25, 0.3) is 5.91 Å². The van der Waals surface area contributed by atoms with Gasteiger partial charge in [0.05, 0.1) is 5.52 Å². The van der Waals surface area contributed by atoms with Crippen LogP contribution >= 0.6 is 0 Å². The second-order valence-corrected chi connectivity index (χ2v) is 5.09. The Hall–Kier alpha value is -2.76. The lowest BCUT2D eigenvalue weighted by Crippen LogP contribution is -2.33. The minimum absolute atomic E-state index is 0.185. The van der Waals surface area contributed by atoms with E-state index in [4.69, 9.17) is 0 Å². The molecule has 0 unspecified atom stereocenters. The molecule has 0 saturated heterocycles. The highest BCUT2D eigenvalue weighted by molar-refractivity contribution is 5.95. The predicted octanol–water partition coefficient (Wildman–Crippen LogP) is 3.92. The van der Waals surface area contributed by atoms with Gasteiger partial charge in [0.2, 0.25) is 0 Å². The number of nitrogens with zero attached hydrogens (tertiary/aromatic N) is 1. The number of benzene rings is 2. The average molecular weight is 318 g/mol. The van der Waals surface area contributed by atoms with Gasteiger partial charge in [-0.15, -0.1) is 0 Å². The fourth-order valence-corrected chi connectivity index (χ4v) is 2.39. The Bertz CT molecular complexity index is 852. The highest BCUT2D eigenvalue weighted by atomic mass is 19.4. The molecule has 118 valence electrons. The number of hydrogen-bond donors (Lipinski definition) is 1. The number of aromatic nitrogens is 1. The first-order valence-corrected chi connectivity index (χ1v) is 6.95. The number of para-hydroxylation sites is 1. The molecule has 0 saturated carbocycles. The van der Waals surface area contributed by atoms with Crippen LogP contribution in [0.2, 0.25) is 0 Å². The summed E-state index contributed by atoms with van der Waals surface area (Å²) >= 11 is 0. The topological polar surface area (TPSA) is 34.0 Å². The van der Waals surface area contributed by atoms with Crippen molar-refractivity contribution in [3.8, 4) is 5.69 Å². The van der Waals surface area contributed by atoms with Gasteiger partial charge in [-0.3, -0.25) is 4.79 Å². The minimum Gasteiger partial charge on any atom is -0.343 e. The van der Waals surface area contributed by atoms with Crippen LogP contribution in [0.4, 0.5) is 13.2 Å². The van der Waals surface area contributed by atoms with Crippen LogP contribution in [0.15, 0.2) is 60.8 Å². The summed E-state index contributed by atoms with van der Waals surface area (Å²) in [6, 6.07) is 16.2.